The minimum atomic E-state index is 0.0412. The summed E-state index contributed by atoms with van der Waals surface area (Å²) in [6.45, 7) is 8.36. The lowest BCUT2D eigenvalue weighted by Gasteiger charge is -2.45. The molecule has 4 rings (SSSR count). The molecule has 2 saturated carbocycles. The zero-order chi connectivity index (χ0) is 21.5. The summed E-state index contributed by atoms with van der Waals surface area (Å²) in [5, 5.41) is 0.635. The van der Waals surface area contributed by atoms with E-state index < -0.39 is 0 Å². The Balaban J connectivity index is 1.39. The van der Waals surface area contributed by atoms with Crippen LogP contribution < -0.4 is 0 Å². The van der Waals surface area contributed by atoms with E-state index in [0.29, 0.717) is 53.0 Å². The molecule has 0 unspecified atom stereocenters. The molecule has 3 fully saturated rings. The van der Waals surface area contributed by atoms with Crippen LogP contribution in [0, 0.1) is 17.3 Å². The number of amides is 2. The molecule has 0 bridgehead atoms. The lowest BCUT2D eigenvalue weighted by molar-refractivity contribution is -0.142. The monoisotopic (exact) mass is 430 g/mol. The Bertz CT molecular complexity index is 779. The number of hydrogen-bond donors (Lipinski definition) is 0. The van der Waals surface area contributed by atoms with Gasteiger partial charge in [0.25, 0.3) is 5.91 Å². The summed E-state index contributed by atoms with van der Waals surface area (Å²) >= 11 is 5.94. The first kappa shape index (κ1) is 21.7. The second kappa shape index (κ2) is 8.53. The average Bonchev–Trinajstić information content (AvgIpc) is 3.52. The zero-order valence-electron chi connectivity index (χ0n) is 18.6. The Kier molecular flexibility index (Phi) is 6.16. The van der Waals surface area contributed by atoms with Gasteiger partial charge in [0, 0.05) is 41.7 Å². The van der Waals surface area contributed by atoms with Gasteiger partial charge in [0.2, 0.25) is 5.91 Å². The fourth-order valence-electron chi connectivity index (χ4n) is 5.83. The van der Waals surface area contributed by atoms with Crippen molar-refractivity contribution >= 4 is 23.4 Å². The van der Waals surface area contributed by atoms with Crippen LogP contribution in [0.3, 0.4) is 0 Å². The van der Waals surface area contributed by atoms with Crippen molar-refractivity contribution in [1.29, 1.82) is 0 Å². The summed E-state index contributed by atoms with van der Waals surface area (Å²) < 4.78 is 0. The van der Waals surface area contributed by atoms with Crippen LogP contribution in [0.4, 0.5) is 0 Å². The molecule has 1 aliphatic heterocycles. The second-order valence-corrected chi connectivity index (χ2v) is 11.1. The molecule has 1 aromatic rings. The van der Waals surface area contributed by atoms with Gasteiger partial charge in [0.15, 0.2) is 0 Å². The Hall–Kier alpha value is -1.55. The van der Waals surface area contributed by atoms with Crippen LogP contribution in [0.15, 0.2) is 24.3 Å². The first-order valence-corrected chi connectivity index (χ1v) is 12.0. The van der Waals surface area contributed by atoms with Crippen LogP contribution in [0.2, 0.25) is 5.02 Å². The highest BCUT2D eigenvalue weighted by molar-refractivity contribution is 6.30. The number of benzene rings is 1. The lowest BCUT2D eigenvalue weighted by atomic mass is 9.70. The van der Waals surface area contributed by atoms with E-state index in [-0.39, 0.29) is 11.8 Å². The molecule has 5 heteroatoms. The molecule has 2 aliphatic carbocycles. The minimum Gasteiger partial charge on any atom is -0.339 e. The van der Waals surface area contributed by atoms with Gasteiger partial charge in [-0.2, -0.15) is 0 Å². The number of carbonyl (C=O) groups excluding carboxylic acids is 2. The molecule has 0 radical (unpaired) electrons. The third kappa shape index (κ3) is 4.85. The number of rotatable bonds is 4. The Labute approximate surface area is 185 Å². The minimum absolute atomic E-state index is 0.0412. The molecule has 0 spiro atoms. The maximum absolute atomic E-state index is 13.6. The van der Waals surface area contributed by atoms with Crippen LogP contribution >= 0.6 is 11.6 Å². The fourth-order valence-corrected chi connectivity index (χ4v) is 5.96. The van der Waals surface area contributed by atoms with E-state index in [4.69, 9.17) is 11.6 Å². The van der Waals surface area contributed by atoms with Crippen molar-refractivity contribution in [2.75, 3.05) is 13.1 Å². The fraction of sp³-hybridized carbons (Fsp3) is 0.680. The van der Waals surface area contributed by atoms with Gasteiger partial charge in [0.1, 0.15) is 0 Å². The number of carbonyl (C=O) groups is 2. The summed E-state index contributed by atoms with van der Waals surface area (Å²) in [4.78, 5) is 30.6. The van der Waals surface area contributed by atoms with E-state index in [2.05, 4.69) is 25.7 Å². The third-order valence-electron chi connectivity index (χ3n) is 7.17. The van der Waals surface area contributed by atoms with Gasteiger partial charge in [-0.3, -0.25) is 9.59 Å². The number of piperidine rings is 1. The molecule has 30 heavy (non-hydrogen) atoms. The predicted molar refractivity (Wildman–Crippen MR) is 121 cm³/mol. The SMILES string of the molecule is C[C@H]1C[C@@H](N(C(=O)C2CCN(C(=O)c3ccc(Cl)cc3)CC2)C2CC2)CC(C)(C)C1. The van der Waals surface area contributed by atoms with Gasteiger partial charge < -0.3 is 9.80 Å². The van der Waals surface area contributed by atoms with E-state index in [9.17, 15) is 9.59 Å². The Morgan fingerprint density at radius 2 is 1.63 bits per heavy atom. The summed E-state index contributed by atoms with van der Waals surface area (Å²) in [6, 6.07) is 7.91. The van der Waals surface area contributed by atoms with Crippen molar-refractivity contribution in [1.82, 2.24) is 9.80 Å². The normalized spacial score (nSPS) is 27.0. The first-order chi connectivity index (χ1) is 14.2. The van der Waals surface area contributed by atoms with E-state index in [0.717, 1.165) is 38.5 Å². The molecule has 164 valence electrons. The van der Waals surface area contributed by atoms with Gasteiger partial charge in [-0.15, -0.1) is 0 Å². The van der Waals surface area contributed by atoms with E-state index >= 15 is 0 Å². The van der Waals surface area contributed by atoms with E-state index in [1.165, 1.54) is 6.42 Å². The molecular formula is C25H35ClN2O2. The largest absolute Gasteiger partial charge is 0.339 e. The predicted octanol–water partition coefficient (Wildman–Crippen LogP) is 5.40. The van der Waals surface area contributed by atoms with Crippen molar-refractivity contribution in [3.8, 4) is 0 Å². The molecule has 0 N–H and O–H groups in total. The van der Waals surface area contributed by atoms with Crippen LogP contribution in [-0.4, -0.2) is 46.8 Å². The van der Waals surface area contributed by atoms with E-state index in [1.807, 2.05) is 4.90 Å². The molecule has 0 aromatic heterocycles. The number of likely N-dealkylation sites (tertiary alicyclic amines) is 1. The summed E-state index contributed by atoms with van der Waals surface area (Å²) in [7, 11) is 0. The lowest BCUT2D eigenvalue weighted by Crippen LogP contribution is -2.51. The maximum Gasteiger partial charge on any atom is 0.253 e. The quantitative estimate of drug-likeness (QED) is 0.641. The Morgan fingerprint density at radius 1 is 1.00 bits per heavy atom. The number of nitrogens with zero attached hydrogens (tertiary/aromatic N) is 2. The number of hydrogen-bond acceptors (Lipinski definition) is 2. The Morgan fingerprint density at radius 3 is 2.20 bits per heavy atom. The van der Waals surface area contributed by atoms with Gasteiger partial charge in [-0.25, -0.2) is 0 Å². The van der Waals surface area contributed by atoms with Crippen molar-refractivity contribution in [2.24, 2.45) is 17.3 Å². The molecule has 1 heterocycles. The molecule has 2 amide bonds. The van der Waals surface area contributed by atoms with Crippen LogP contribution in [-0.2, 0) is 4.79 Å². The average molecular weight is 431 g/mol. The van der Waals surface area contributed by atoms with Crippen LogP contribution in [0.25, 0.3) is 0 Å². The smallest absolute Gasteiger partial charge is 0.253 e. The molecule has 1 aromatic carbocycles. The molecule has 2 atom stereocenters. The van der Waals surface area contributed by atoms with Crippen molar-refractivity contribution in [3.63, 3.8) is 0 Å². The highest BCUT2D eigenvalue weighted by Crippen LogP contribution is 2.44. The maximum atomic E-state index is 13.6. The standard InChI is InChI=1S/C25H35ClN2O2/c1-17-14-22(16-25(2,3)15-17)28(21-8-9-21)24(30)19-10-12-27(13-11-19)23(29)18-4-6-20(26)7-5-18/h4-7,17,19,21-22H,8-16H2,1-3H3/t17-,22+/m0/s1. The topological polar surface area (TPSA) is 40.6 Å². The van der Waals surface area contributed by atoms with Crippen molar-refractivity contribution in [2.45, 2.75) is 77.8 Å². The third-order valence-corrected chi connectivity index (χ3v) is 7.43. The van der Waals surface area contributed by atoms with Gasteiger partial charge in [-0.05, 0) is 80.5 Å². The van der Waals surface area contributed by atoms with Gasteiger partial charge in [-0.1, -0.05) is 32.4 Å². The molecule has 3 aliphatic rings. The summed E-state index contributed by atoms with van der Waals surface area (Å²) in [5.41, 5.74) is 0.978. The van der Waals surface area contributed by atoms with Crippen LogP contribution in [0.1, 0.15) is 76.1 Å². The van der Waals surface area contributed by atoms with Gasteiger partial charge in [0.05, 0.1) is 0 Å². The van der Waals surface area contributed by atoms with Gasteiger partial charge >= 0.3 is 0 Å². The van der Waals surface area contributed by atoms with Crippen molar-refractivity contribution < 1.29 is 9.59 Å². The number of halogens is 1. The second-order valence-electron chi connectivity index (χ2n) is 10.6. The first-order valence-electron chi connectivity index (χ1n) is 11.6. The van der Waals surface area contributed by atoms with Crippen molar-refractivity contribution in [3.05, 3.63) is 34.9 Å². The molecule has 1 saturated heterocycles. The highest BCUT2D eigenvalue weighted by Gasteiger charge is 2.44. The zero-order valence-corrected chi connectivity index (χ0v) is 19.3. The molecular weight excluding hydrogens is 396 g/mol. The van der Waals surface area contributed by atoms with Crippen LogP contribution in [0.5, 0.6) is 0 Å². The highest BCUT2D eigenvalue weighted by atomic mass is 35.5. The molecule has 4 nitrogen and oxygen atoms in total. The summed E-state index contributed by atoms with van der Waals surface area (Å²) in [5.74, 6) is 1.12. The summed E-state index contributed by atoms with van der Waals surface area (Å²) in [6.07, 6.45) is 7.37. The van der Waals surface area contributed by atoms with E-state index in [1.54, 1.807) is 24.3 Å².